The maximum absolute atomic E-state index is 4.59. The maximum Gasteiger partial charge on any atom is 0.129 e. The van der Waals surface area contributed by atoms with E-state index in [1.807, 2.05) is 6.20 Å². The molecule has 2 heterocycles. The lowest BCUT2D eigenvalue weighted by atomic mass is 10.1. The summed E-state index contributed by atoms with van der Waals surface area (Å²) in [4.78, 5) is 8.31. The van der Waals surface area contributed by atoms with E-state index in [1.165, 1.54) is 10.4 Å². The largest absolute Gasteiger partial charge is 0.349 e. The third-order valence-electron chi connectivity index (χ3n) is 3.60. The van der Waals surface area contributed by atoms with E-state index in [9.17, 15) is 0 Å². The molecule has 2 rings (SSSR count). The van der Waals surface area contributed by atoms with Crippen molar-refractivity contribution in [2.45, 2.75) is 46.3 Å². The lowest BCUT2D eigenvalue weighted by molar-refractivity contribution is 0.596. The predicted octanol–water partition coefficient (Wildman–Crippen LogP) is 4.23. The molecular formula is C17H25N3S. The smallest absolute Gasteiger partial charge is 0.129 e. The van der Waals surface area contributed by atoms with Crippen molar-refractivity contribution in [2.24, 2.45) is 0 Å². The Labute approximate surface area is 132 Å². The van der Waals surface area contributed by atoms with Crippen molar-refractivity contribution in [2.75, 3.05) is 11.4 Å². The summed E-state index contributed by atoms with van der Waals surface area (Å²) in [6.45, 7) is 10.7. The maximum atomic E-state index is 4.59. The second kappa shape index (κ2) is 7.57. The molecule has 21 heavy (non-hydrogen) atoms. The van der Waals surface area contributed by atoms with Gasteiger partial charge in [0.2, 0.25) is 0 Å². The second-order valence-electron chi connectivity index (χ2n) is 5.53. The highest BCUT2D eigenvalue weighted by Crippen LogP contribution is 2.23. The number of pyridine rings is 1. The molecule has 0 radical (unpaired) electrons. The summed E-state index contributed by atoms with van der Waals surface area (Å²) in [6, 6.07) is 9.37. The van der Waals surface area contributed by atoms with Crippen molar-refractivity contribution in [3.63, 3.8) is 0 Å². The molecule has 0 aromatic carbocycles. The van der Waals surface area contributed by atoms with Crippen LogP contribution in [0.5, 0.6) is 0 Å². The van der Waals surface area contributed by atoms with Crippen molar-refractivity contribution in [1.29, 1.82) is 0 Å². The zero-order valence-corrected chi connectivity index (χ0v) is 14.2. The van der Waals surface area contributed by atoms with Gasteiger partial charge in [0.15, 0.2) is 0 Å². The molecule has 0 fully saturated rings. The minimum Gasteiger partial charge on any atom is -0.349 e. The lowest BCUT2D eigenvalue weighted by Crippen LogP contribution is -2.31. The van der Waals surface area contributed by atoms with Crippen molar-refractivity contribution >= 4 is 17.2 Å². The standard InChI is InChI=1S/C17H25N3S/c1-5-18-14(4)15-8-9-19-17(11-15)20(13(2)3)12-16-7-6-10-21-16/h6-11,13-14,18H,5,12H2,1-4H3. The molecule has 0 aliphatic heterocycles. The van der Waals surface area contributed by atoms with Gasteiger partial charge in [0.05, 0.1) is 6.54 Å². The third kappa shape index (κ3) is 4.29. The fraction of sp³-hybridized carbons (Fsp3) is 0.471. The molecule has 4 heteroatoms. The van der Waals surface area contributed by atoms with Gasteiger partial charge in [0.25, 0.3) is 0 Å². The molecule has 2 aromatic heterocycles. The van der Waals surface area contributed by atoms with Crippen LogP contribution in [0.3, 0.4) is 0 Å². The van der Waals surface area contributed by atoms with E-state index in [-0.39, 0.29) is 0 Å². The molecule has 3 nitrogen and oxygen atoms in total. The first-order valence-electron chi connectivity index (χ1n) is 7.60. The van der Waals surface area contributed by atoms with E-state index in [2.05, 4.69) is 72.5 Å². The van der Waals surface area contributed by atoms with E-state index < -0.39 is 0 Å². The van der Waals surface area contributed by atoms with Crippen LogP contribution in [0.25, 0.3) is 0 Å². The Morgan fingerprint density at radius 1 is 1.29 bits per heavy atom. The Morgan fingerprint density at radius 3 is 2.71 bits per heavy atom. The quantitative estimate of drug-likeness (QED) is 0.829. The van der Waals surface area contributed by atoms with Gasteiger partial charge >= 0.3 is 0 Å². The van der Waals surface area contributed by atoms with Crippen LogP contribution in [0.15, 0.2) is 35.8 Å². The third-order valence-corrected chi connectivity index (χ3v) is 4.46. The summed E-state index contributed by atoms with van der Waals surface area (Å²) in [5.74, 6) is 1.06. The summed E-state index contributed by atoms with van der Waals surface area (Å²) < 4.78 is 0. The van der Waals surface area contributed by atoms with Gasteiger partial charge in [-0.25, -0.2) is 4.98 Å². The van der Waals surface area contributed by atoms with Gasteiger partial charge < -0.3 is 10.2 Å². The van der Waals surface area contributed by atoms with Crippen LogP contribution < -0.4 is 10.2 Å². The van der Waals surface area contributed by atoms with Crippen LogP contribution in [0, 0.1) is 0 Å². The highest BCUT2D eigenvalue weighted by atomic mass is 32.1. The fourth-order valence-electron chi connectivity index (χ4n) is 2.38. The highest BCUT2D eigenvalue weighted by Gasteiger charge is 2.14. The molecule has 0 saturated heterocycles. The Balaban J connectivity index is 2.22. The molecule has 0 spiro atoms. The van der Waals surface area contributed by atoms with Gasteiger partial charge in [0.1, 0.15) is 5.82 Å². The molecule has 1 unspecified atom stereocenters. The molecule has 114 valence electrons. The second-order valence-corrected chi connectivity index (χ2v) is 6.56. The van der Waals surface area contributed by atoms with E-state index in [0.717, 1.165) is 18.9 Å². The molecular weight excluding hydrogens is 278 g/mol. The average Bonchev–Trinajstić information content (AvgIpc) is 2.98. The van der Waals surface area contributed by atoms with Gasteiger partial charge in [-0.2, -0.15) is 0 Å². The number of nitrogens with zero attached hydrogens (tertiary/aromatic N) is 2. The molecule has 2 aromatic rings. The molecule has 0 saturated carbocycles. The first-order chi connectivity index (χ1) is 10.1. The van der Waals surface area contributed by atoms with Gasteiger partial charge in [-0.1, -0.05) is 13.0 Å². The van der Waals surface area contributed by atoms with Crippen LogP contribution >= 0.6 is 11.3 Å². The first-order valence-corrected chi connectivity index (χ1v) is 8.48. The predicted molar refractivity (Wildman–Crippen MR) is 92.0 cm³/mol. The van der Waals surface area contributed by atoms with Crippen molar-refractivity contribution < 1.29 is 0 Å². The van der Waals surface area contributed by atoms with Crippen molar-refractivity contribution in [1.82, 2.24) is 10.3 Å². The van der Waals surface area contributed by atoms with E-state index in [0.29, 0.717) is 12.1 Å². The minimum atomic E-state index is 0.354. The van der Waals surface area contributed by atoms with E-state index >= 15 is 0 Å². The molecule has 0 bridgehead atoms. The Kier molecular flexibility index (Phi) is 5.76. The van der Waals surface area contributed by atoms with Gasteiger partial charge in [-0.3, -0.25) is 0 Å². The Morgan fingerprint density at radius 2 is 2.10 bits per heavy atom. The van der Waals surface area contributed by atoms with Crippen LogP contribution in [0.2, 0.25) is 0 Å². The number of nitrogens with one attached hydrogen (secondary N) is 1. The number of anilines is 1. The van der Waals surface area contributed by atoms with E-state index in [1.54, 1.807) is 11.3 Å². The summed E-state index contributed by atoms with van der Waals surface area (Å²) in [5.41, 5.74) is 1.29. The summed E-state index contributed by atoms with van der Waals surface area (Å²) in [6.07, 6.45) is 1.92. The average molecular weight is 303 g/mol. The molecule has 0 aliphatic carbocycles. The first kappa shape index (κ1) is 16.0. The Hall–Kier alpha value is -1.39. The minimum absolute atomic E-state index is 0.354. The van der Waals surface area contributed by atoms with Crippen molar-refractivity contribution in [3.8, 4) is 0 Å². The number of hydrogen-bond acceptors (Lipinski definition) is 4. The zero-order valence-electron chi connectivity index (χ0n) is 13.3. The monoisotopic (exact) mass is 303 g/mol. The SMILES string of the molecule is CCNC(C)c1ccnc(N(Cc2cccs2)C(C)C)c1. The molecule has 0 aliphatic rings. The summed E-state index contributed by atoms with van der Waals surface area (Å²) >= 11 is 1.80. The number of hydrogen-bond donors (Lipinski definition) is 1. The van der Waals surface area contributed by atoms with Gasteiger partial charge in [-0.15, -0.1) is 11.3 Å². The number of aromatic nitrogens is 1. The van der Waals surface area contributed by atoms with Crippen LogP contribution in [-0.2, 0) is 6.54 Å². The molecule has 1 N–H and O–H groups in total. The highest BCUT2D eigenvalue weighted by molar-refractivity contribution is 7.09. The zero-order chi connectivity index (χ0) is 15.2. The molecule has 1 atom stereocenters. The lowest BCUT2D eigenvalue weighted by Gasteiger charge is -2.28. The fourth-order valence-corrected chi connectivity index (χ4v) is 3.09. The topological polar surface area (TPSA) is 28.2 Å². The molecule has 0 amide bonds. The van der Waals surface area contributed by atoms with Crippen LogP contribution in [0.1, 0.15) is 44.2 Å². The summed E-state index contributed by atoms with van der Waals surface area (Å²) in [5, 5.41) is 5.59. The van der Waals surface area contributed by atoms with Gasteiger partial charge in [0, 0.05) is 23.2 Å². The van der Waals surface area contributed by atoms with Gasteiger partial charge in [-0.05, 0) is 56.5 Å². The van der Waals surface area contributed by atoms with Crippen molar-refractivity contribution in [3.05, 3.63) is 46.3 Å². The normalized spacial score (nSPS) is 12.6. The Bertz CT molecular complexity index is 537. The number of thiophene rings is 1. The van der Waals surface area contributed by atoms with E-state index in [4.69, 9.17) is 0 Å². The summed E-state index contributed by atoms with van der Waals surface area (Å²) in [7, 11) is 0. The number of rotatable bonds is 7. The van der Waals surface area contributed by atoms with Crippen LogP contribution in [0.4, 0.5) is 5.82 Å². The van der Waals surface area contributed by atoms with Crippen LogP contribution in [-0.4, -0.2) is 17.6 Å².